The number of ether oxygens (including phenoxy) is 1. The van der Waals surface area contributed by atoms with E-state index in [0.717, 1.165) is 12.2 Å². The molecule has 0 amide bonds. The van der Waals surface area contributed by atoms with E-state index in [1.807, 2.05) is 6.26 Å². The first-order valence-electron chi connectivity index (χ1n) is 5.40. The van der Waals surface area contributed by atoms with Gasteiger partial charge in [0, 0.05) is 0 Å². The summed E-state index contributed by atoms with van der Waals surface area (Å²) in [4.78, 5) is 0. The van der Waals surface area contributed by atoms with Crippen LogP contribution in [0.4, 0.5) is 0 Å². The van der Waals surface area contributed by atoms with Crippen LogP contribution in [0.15, 0.2) is 24.5 Å². The Labute approximate surface area is 84.4 Å². The first-order valence-corrected chi connectivity index (χ1v) is 5.40. The zero-order chi connectivity index (χ0) is 9.38. The molecule has 0 N–H and O–H groups in total. The predicted octanol–water partition coefficient (Wildman–Crippen LogP) is 3.01. The molecule has 1 heterocycles. The van der Waals surface area contributed by atoms with E-state index in [-0.39, 0.29) is 0 Å². The lowest BCUT2D eigenvalue weighted by Gasteiger charge is -2.22. The molecule has 0 radical (unpaired) electrons. The summed E-state index contributed by atoms with van der Waals surface area (Å²) in [5.74, 6) is 1.16. The number of aryl methyl sites for hydroxylation is 1. The SMILES string of the molecule is C1=COc2c(ccc3c2CCCC3)C1. The molecule has 0 bridgehead atoms. The van der Waals surface area contributed by atoms with E-state index in [4.69, 9.17) is 4.74 Å². The van der Waals surface area contributed by atoms with Gasteiger partial charge in [-0.2, -0.15) is 0 Å². The molecule has 1 nitrogen and oxygen atoms in total. The average Bonchev–Trinajstić information content (AvgIpc) is 2.29. The predicted molar refractivity (Wildman–Crippen MR) is 56.6 cm³/mol. The van der Waals surface area contributed by atoms with Gasteiger partial charge in [-0.3, -0.25) is 0 Å². The molecule has 0 spiro atoms. The van der Waals surface area contributed by atoms with Crippen LogP contribution in [0.1, 0.15) is 29.5 Å². The summed E-state index contributed by atoms with van der Waals surface area (Å²) in [5.41, 5.74) is 4.33. The van der Waals surface area contributed by atoms with Crippen LogP contribution in [0.5, 0.6) is 5.75 Å². The Morgan fingerprint density at radius 1 is 1.00 bits per heavy atom. The maximum atomic E-state index is 5.64. The summed E-state index contributed by atoms with van der Waals surface area (Å²) in [6, 6.07) is 4.51. The van der Waals surface area contributed by atoms with Gasteiger partial charge in [0.2, 0.25) is 0 Å². The first-order chi connectivity index (χ1) is 6.95. The van der Waals surface area contributed by atoms with Gasteiger partial charge in [0.15, 0.2) is 0 Å². The average molecular weight is 186 g/mol. The Hall–Kier alpha value is -1.24. The van der Waals surface area contributed by atoms with Gasteiger partial charge in [-0.25, -0.2) is 0 Å². The second-order valence-electron chi connectivity index (χ2n) is 4.09. The van der Waals surface area contributed by atoms with Crippen molar-refractivity contribution < 1.29 is 4.74 Å². The second-order valence-corrected chi connectivity index (χ2v) is 4.09. The second kappa shape index (κ2) is 3.16. The van der Waals surface area contributed by atoms with Gasteiger partial charge >= 0.3 is 0 Å². The molecule has 1 aromatic rings. The quantitative estimate of drug-likeness (QED) is 0.605. The minimum atomic E-state index is 1.03. The summed E-state index contributed by atoms with van der Waals surface area (Å²) in [6.07, 6.45) is 10.0. The van der Waals surface area contributed by atoms with Crippen molar-refractivity contribution in [2.45, 2.75) is 32.1 Å². The Morgan fingerprint density at radius 2 is 1.86 bits per heavy atom. The van der Waals surface area contributed by atoms with E-state index in [9.17, 15) is 0 Å². The fourth-order valence-electron chi connectivity index (χ4n) is 2.44. The van der Waals surface area contributed by atoms with E-state index in [0.29, 0.717) is 0 Å². The normalized spacial score (nSPS) is 18.3. The van der Waals surface area contributed by atoms with E-state index in [2.05, 4.69) is 18.2 Å². The molecule has 1 heteroatoms. The third kappa shape index (κ3) is 1.16. The van der Waals surface area contributed by atoms with Crippen molar-refractivity contribution in [2.24, 2.45) is 0 Å². The van der Waals surface area contributed by atoms with E-state index in [1.165, 1.54) is 42.4 Å². The van der Waals surface area contributed by atoms with Gasteiger partial charge in [0.05, 0.1) is 6.26 Å². The molecule has 1 aliphatic heterocycles. The monoisotopic (exact) mass is 186 g/mol. The molecule has 0 saturated carbocycles. The van der Waals surface area contributed by atoms with E-state index < -0.39 is 0 Å². The molecule has 14 heavy (non-hydrogen) atoms. The smallest absolute Gasteiger partial charge is 0.133 e. The van der Waals surface area contributed by atoms with Gasteiger partial charge in [0.25, 0.3) is 0 Å². The minimum Gasteiger partial charge on any atom is -0.465 e. The van der Waals surface area contributed by atoms with Crippen LogP contribution in [0.25, 0.3) is 0 Å². The van der Waals surface area contributed by atoms with Gasteiger partial charge in [-0.15, -0.1) is 0 Å². The Bertz CT molecular complexity index is 390. The van der Waals surface area contributed by atoms with Crippen molar-refractivity contribution in [3.63, 3.8) is 0 Å². The van der Waals surface area contributed by atoms with E-state index in [1.54, 1.807) is 0 Å². The van der Waals surface area contributed by atoms with Crippen molar-refractivity contribution in [1.82, 2.24) is 0 Å². The molecule has 72 valence electrons. The minimum absolute atomic E-state index is 1.03. The number of allylic oxidation sites excluding steroid dienone is 1. The van der Waals surface area contributed by atoms with Gasteiger partial charge in [-0.05, 0) is 54.9 Å². The van der Waals surface area contributed by atoms with Gasteiger partial charge in [0.1, 0.15) is 5.75 Å². The Balaban J connectivity index is 2.14. The molecule has 0 unspecified atom stereocenters. The van der Waals surface area contributed by atoms with Crippen LogP contribution in [0, 0.1) is 0 Å². The lowest BCUT2D eigenvalue weighted by Crippen LogP contribution is -2.08. The number of hydrogen-bond donors (Lipinski definition) is 0. The lowest BCUT2D eigenvalue weighted by molar-refractivity contribution is 0.453. The van der Waals surface area contributed by atoms with Crippen LogP contribution in [-0.4, -0.2) is 0 Å². The maximum absolute atomic E-state index is 5.64. The van der Waals surface area contributed by atoms with E-state index >= 15 is 0 Å². The largest absolute Gasteiger partial charge is 0.465 e. The van der Waals surface area contributed by atoms with Crippen LogP contribution >= 0.6 is 0 Å². The third-order valence-electron chi connectivity index (χ3n) is 3.18. The zero-order valence-corrected chi connectivity index (χ0v) is 8.25. The Morgan fingerprint density at radius 3 is 2.86 bits per heavy atom. The first kappa shape index (κ1) is 8.10. The lowest BCUT2D eigenvalue weighted by atomic mass is 9.88. The highest BCUT2D eigenvalue weighted by Gasteiger charge is 2.18. The molecule has 0 saturated heterocycles. The van der Waals surface area contributed by atoms with Crippen LogP contribution < -0.4 is 4.74 Å². The molecule has 1 aromatic carbocycles. The number of benzene rings is 1. The van der Waals surface area contributed by atoms with Crippen LogP contribution in [0.3, 0.4) is 0 Å². The number of rotatable bonds is 0. The highest BCUT2D eigenvalue weighted by atomic mass is 16.5. The third-order valence-corrected chi connectivity index (χ3v) is 3.18. The highest BCUT2D eigenvalue weighted by molar-refractivity contribution is 5.49. The molecular weight excluding hydrogens is 172 g/mol. The summed E-state index contributed by atoms with van der Waals surface area (Å²) in [6.45, 7) is 0. The maximum Gasteiger partial charge on any atom is 0.133 e. The fourth-order valence-corrected chi connectivity index (χ4v) is 2.44. The van der Waals surface area contributed by atoms with Gasteiger partial charge < -0.3 is 4.74 Å². The molecule has 2 aliphatic rings. The topological polar surface area (TPSA) is 9.23 Å². The zero-order valence-electron chi connectivity index (χ0n) is 8.25. The van der Waals surface area contributed by atoms with Crippen molar-refractivity contribution in [3.8, 4) is 5.75 Å². The van der Waals surface area contributed by atoms with Crippen molar-refractivity contribution in [1.29, 1.82) is 0 Å². The summed E-state index contributed by atoms with van der Waals surface area (Å²) < 4.78 is 5.64. The fraction of sp³-hybridized carbons (Fsp3) is 0.385. The number of fused-ring (bicyclic) bond motifs is 3. The molecule has 3 rings (SSSR count). The van der Waals surface area contributed by atoms with Crippen molar-refractivity contribution in [2.75, 3.05) is 0 Å². The van der Waals surface area contributed by atoms with Gasteiger partial charge in [-0.1, -0.05) is 12.1 Å². The Kier molecular flexibility index (Phi) is 1.83. The summed E-state index contributed by atoms with van der Waals surface area (Å²) >= 11 is 0. The molecular formula is C13H14O. The molecule has 0 atom stereocenters. The van der Waals surface area contributed by atoms with Crippen molar-refractivity contribution >= 4 is 0 Å². The summed E-state index contributed by atoms with van der Waals surface area (Å²) in [7, 11) is 0. The molecule has 0 fully saturated rings. The van der Waals surface area contributed by atoms with Crippen molar-refractivity contribution in [3.05, 3.63) is 41.2 Å². The molecule has 1 aliphatic carbocycles. The number of hydrogen-bond acceptors (Lipinski definition) is 1. The van der Waals surface area contributed by atoms with Crippen LogP contribution in [0.2, 0.25) is 0 Å². The standard InChI is InChI=1S/C13H14O/c1-2-6-12-10(4-1)7-8-11-5-3-9-14-13(11)12/h3,7-9H,1-2,4-6H2. The molecule has 0 aromatic heterocycles. The van der Waals surface area contributed by atoms with Crippen LogP contribution in [-0.2, 0) is 19.3 Å². The summed E-state index contributed by atoms with van der Waals surface area (Å²) in [5, 5.41) is 0. The highest BCUT2D eigenvalue weighted by Crippen LogP contribution is 2.34.